The van der Waals surface area contributed by atoms with Crippen LogP contribution in [0.25, 0.3) is 12.2 Å². The zero-order valence-corrected chi connectivity index (χ0v) is 13.5. The van der Waals surface area contributed by atoms with E-state index < -0.39 is 0 Å². The van der Waals surface area contributed by atoms with Crippen molar-refractivity contribution in [2.75, 3.05) is 5.32 Å². The molecule has 1 N–H and O–H groups in total. The van der Waals surface area contributed by atoms with Crippen LogP contribution in [-0.4, -0.2) is 15.4 Å². The smallest absolute Gasteiger partial charge is 0.176 e. The van der Waals surface area contributed by atoms with E-state index in [1.165, 1.54) is 0 Å². The molecule has 23 heavy (non-hydrogen) atoms. The Kier molecular flexibility index (Phi) is 4.86. The topological polar surface area (TPSA) is 50.7 Å². The van der Waals surface area contributed by atoms with Crippen LogP contribution in [0.15, 0.2) is 54.6 Å². The lowest BCUT2D eigenvalue weighted by Gasteiger charge is -2.09. The second kappa shape index (κ2) is 7.22. The van der Waals surface area contributed by atoms with Crippen molar-refractivity contribution in [3.8, 4) is 0 Å². The summed E-state index contributed by atoms with van der Waals surface area (Å²) in [5.41, 5.74) is 2.95. The molecule has 3 rings (SSSR count). The summed E-state index contributed by atoms with van der Waals surface area (Å²) in [4.78, 5) is 0. The summed E-state index contributed by atoms with van der Waals surface area (Å²) < 4.78 is 0. The van der Waals surface area contributed by atoms with Gasteiger partial charge in [0.1, 0.15) is 5.02 Å². The Bertz CT molecular complexity index is 835. The van der Waals surface area contributed by atoms with E-state index in [1.54, 1.807) is 0 Å². The lowest BCUT2D eigenvalue weighted by molar-refractivity contribution is 0.871. The first-order valence-corrected chi connectivity index (χ1v) is 7.63. The Morgan fingerprint density at radius 2 is 1.57 bits per heavy atom. The molecule has 4 nitrogen and oxygen atoms in total. The van der Waals surface area contributed by atoms with Crippen molar-refractivity contribution < 1.29 is 0 Å². The van der Waals surface area contributed by atoms with E-state index in [0.717, 1.165) is 16.8 Å². The number of hydrogen-bond donors (Lipinski definition) is 1. The number of halogens is 2. The number of rotatable bonds is 4. The minimum atomic E-state index is 0.112. The molecule has 0 amide bonds. The number of hydrogen-bond acceptors (Lipinski definition) is 4. The largest absolute Gasteiger partial charge is 0.337 e. The van der Waals surface area contributed by atoms with Crippen LogP contribution in [0.3, 0.4) is 0 Å². The van der Waals surface area contributed by atoms with E-state index in [2.05, 4.69) is 20.7 Å². The van der Waals surface area contributed by atoms with Crippen LogP contribution in [0.2, 0.25) is 10.2 Å². The SMILES string of the molecule is Clc1nnnc(Nc2ccccc2/C=C/c2ccccc2)c1Cl. The number of aromatic nitrogens is 3. The Hall–Kier alpha value is -2.43. The quantitative estimate of drug-likeness (QED) is 0.670. The molecule has 114 valence electrons. The second-order valence-electron chi connectivity index (χ2n) is 4.70. The van der Waals surface area contributed by atoms with Crippen molar-refractivity contribution in [2.45, 2.75) is 0 Å². The molecule has 0 fully saturated rings. The van der Waals surface area contributed by atoms with Gasteiger partial charge in [-0.2, -0.15) is 0 Å². The molecule has 0 aliphatic heterocycles. The predicted molar refractivity (Wildman–Crippen MR) is 94.9 cm³/mol. The summed E-state index contributed by atoms with van der Waals surface area (Å²) in [5, 5.41) is 14.5. The zero-order chi connectivity index (χ0) is 16.1. The van der Waals surface area contributed by atoms with Crippen LogP contribution in [0, 0.1) is 0 Å². The molecule has 0 saturated heterocycles. The molecule has 0 radical (unpaired) electrons. The van der Waals surface area contributed by atoms with Crippen LogP contribution < -0.4 is 5.32 Å². The summed E-state index contributed by atoms with van der Waals surface area (Å²) >= 11 is 12.0. The van der Waals surface area contributed by atoms with Gasteiger partial charge in [0, 0.05) is 5.69 Å². The summed E-state index contributed by atoms with van der Waals surface area (Å²) in [7, 11) is 0. The highest BCUT2D eigenvalue weighted by molar-refractivity contribution is 6.42. The maximum Gasteiger partial charge on any atom is 0.176 e. The van der Waals surface area contributed by atoms with Gasteiger partial charge in [-0.3, -0.25) is 0 Å². The van der Waals surface area contributed by atoms with Crippen molar-refractivity contribution in [1.29, 1.82) is 0 Å². The third-order valence-electron chi connectivity index (χ3n) is 3.14. The van der Waals surface area contributed by atoms with Crippen LogP contribution >= 0.6 is 23.2 Å². The number of nitrogens with one attached hydrogen (secondary N) is 1. The fraction of sp³-hybridized carbons (Fsp3) is 0. The minimum absolute atomic E-state index is 0.112. The molecule has 6 heteroatoms. The molecule has 0 aliphatic carbocycles. The molecule has 3 aromatic rings. The summed E-state index contributed by atoms with van der Waals surface area (Å²) in [6.45, 7) is 0. The summed E-state index contributed by atoms with van der Waals surface area (Å²) in [6.07, 6.45) is 4.05. The van der Waals surface area contributed by atoms with Crippen molar-refractivity contribution >= 4 is 46.9 Å². The number of nitrogens with zero attached hydrogens (tertiary/aromatic N) is 3. The maximum atomic E-state index is 6.09. The molecule has 2 aromatic carbocycles. The third-order valence-corrected chi connectivity index (χ3v) is 3.85. The highest BCUT2D eigenvalue weighted by Crippen LogP contribution is 2.29. The number of benzene rings is 2. The lowest BCUT2D eigenvalue weighted by atomic mass is 10.1. The maximum absolute atomic E-state index is 6.09. The van der Waals surface area contributed by atoms with Gasteiger partial charge in [0.15, 0.2) is 11.0 Å². The predicted octanol–water partition coefficient (Wildman–Crippen LogP) is 5.09. The number of anilines is 2. The average Bonchev–Trinajstić information content (AvgIpc) is 2.59. The minimum Gasteiger partial charge on any atom is -0.337 e. The van der Waals surface area contributed by atoms with Gasteiger partial charge in [-0.15, -0.1) is 10.2 Å². The molecule has 0 unspecified atom stereocenters. The average molecular weight is 343 g/mol. The zero-order valence-electron chi connectivity index (χ0n) is 11.9. The molecule has 1 aromatic heterocycles. The van der Waals surface area contributed by atoms with Crippen molar-refractivity contribution in [3.05, 3.63) is 75.9 Å². The first kappa shape index (κ1) is 15.5. The van der Waals surface area contributed by atoms with Gasteiger partial charge in [0.25, 0.3) is 0 Å². The fourth-order valence-electron chi connectivity index (χ4n) is 2.01. The molecule has 0 saturated carbocycles. The van der Waals surface area contributed by atoms with E-state index in [1.807, 2.05) is 66.7 Å². The first-order chi connectivity index (χ1) is 11.2. The molecular formula is C17H12Cl2N4. The normalized spacial score (nSPS) is 10.9. The standard InChI is InChI=1S/C17H12Cl2N4/c18-15-16(19)21-23-22-17(15)20-14-9-5-4-8-13(14)11-10-12-6-2-1-3-7-12/h1-11H,(H,20,21,22)/b11-10+. The van der Waals surface area contributed by atoms with Crippen LogP contribution in [0.5, 0.6) is 0 Å². The van der Waals surface area contributed by atoms with Crippen LogP contribution in [0.4, 0.5) is 11.5 Å². The van der Waals surface area contributed by atoms with Crippen LogP contribution in [-0.2, 0) is 0 Å². The van der Waals surface area contributed by atoms with Gasteiger partial charge in [-0.05, 0) is 22.4 Å². The van der Waals surface area contributed by atoms with E-state index in [9.17, 15) is 0 Å². The monoisotopic (exact) mass is 342 g/mol. The van der Waals surface area contributed by atoms with Crippen molar-refractivity contribution in [2.24, 2.45) is 0 Å². The van der Waals surface area contributed by atoms with Crippen LogP contribution in [0.1, 0.15) is 11.1 Å². The Balaban J connectivity index is 1.89. The Labute approximate surface area is 143 Å². The van der Waals surface area contributed by atoms with Crippen molar-refractivity contribution in [1.82, 2.24) is 15.4 Å². The highest BCUT2D eigenvalue weighted by atomic mass is 35.5. The first-order valence-electron chi connectivity index (χ1n) is 6.87. The molecule has 0 atom stereocenters. The van der Waals surface area contributed by atoms with Gasteiger partial charge in [0.05, 0.1) is 0 Å². The van der Waals surface area contributed by atoms with E-state index >= 15 is 0 Å². The van der Waals surface area contributed by atoms with Gasteiger partial charge < -0.3 is 5.32 Å². The van der Waals surface area contributed by atoms with Gasteiger partial charge in [-0.25, -0.2) is 0 Å². The van der Waals surface area contributed by atoms with Gasteiger partial charge >= 0.3 is 0 Å². The molecule has 0 spiro atoms. The van der Waals surface area contributed by atoms with E-state index in [0.29, 0.717) is 5.82 Å². The van der Waals surface area contributed by atoms with Crippen molar-refractivity contribution in [3.63, 3.8) is 0 Å². The van der Waals surface area contributed by atoms with Gasteiger partial charge in [0.2, 0.25) is 0 Å². The highest BCUT2D eigenvalue weighted by Gasteiger charge is 2.09. The van der Waals surface area contributed by atoms with E-state index in [4.69, 9.17) is 23.2 Å². The third kappa shape index (κ3) is 3.86. The Morgan fingerprint density at radius 1 is 0.826 bits per heavy atom. The van der Waals surface area contributed by atoms with Gasteiger partial charge in [-0.1, -0.05) is 83.9 Å². The fourth-order valence-corrected chi connectivity index (χ4v) is 2.25. The molecule has 0 aliphatic rings. The number of para-hydroxylation sites is 1. The molecule has 0 bridgehead atoms. The molecular weight excluding hydrogens is 331 g/mol. The molecule has 1 heterocycles. The Morgan fingerprint density at radius 3 is 2.39 bits per heavy atom. The summed E-state index contributed by atoms with van der Waals surface area (Å²) in [6, 6.07) is 17.9. The lowest BCUT2D eigenvalue weighted by Crippen LogP contribution is -2.00. The second-order valence-corrected chi connectivity index (χ2v) is 5.44. The summed E-state index contributed by atoms with van der Waals surface area (Å²) in [5.74, 6) is 0.368. The van der Waals surface area contributed by atoms with E-state index in [-0.39, 0.29) is 10.2 Å².